The van der Waals surface area contributed by atoms with Crippen LogP contribution in [0, 0.1) is 0 Å². The van der Waals surface area contributed by atoms with Crippen molar-refractivity contribution in [3.63, 3.8) is 0 Å². The summed E-state index contributed by atoms with van der Waals surface area (Å²) in [4.78, 5) is 11.8. The maximum Gasteiger partial charge on any atom is 0.172 e. The summed E-state index contributed by atoms with van der Waals surface area (Å²) in [6.07, 6.45) is 5.77. The molecule has 0 amide bonds. The topological polar surface area (TPSA) is 59.7 Å². The number of aromatic hydroxyl groups is 1. The van der Waals surface area contributed by atoms with E-state index in [0.29, 0.717) is 23.1 Å². The average Bonchev–Trinajstić information content (AvgIpc) is 2.99. The Morgan fingerprint density at radius 2 is 2.29 bits per heavy atom. The van der Waals surface area contributed by atoms with E-state index < -0.39 is 0 Å². The van der Waals surface area contributed by atoms with Crippen LogP contribution in [0.4, 0.5) is 0 Å². The maximum absolute atomic E-state index is 11.8. The molecule has 0 radical (unpaired) electrons. The van der Waals surface area contributed by atoms with E-state index in [2.05, 4.69) is 15.9 Å². The van der Waals surface area contributed by atoms with Crippen LogP contribution in [0.2, 0.25) is 0 Å². The number of hydrogen-bond donors (Lipinski definition) is 1. The minimum absolute atomic E-state index is 0.00886. The molecule has 2 rings (SSSR count). The summed E-state index contributed by atoms with van der Waals surface area (Å²) in [6.45, 7) is 0. The molecule has 0 atom stereocenters. The third-order valence-electron chi connectivity index (χ3n) is 2.93. The molecule has 0 aliphatic carbocycles. The first-order valence-electron chi connectivity index (χ1n) is 6.40. The van der Waals surface area contributed by atoms with Gasteiger partial charge in [-0.05, 0) is 51.8 Å². The van der Waals surface area contributed by atoms with Gasteiger partial charge in [0, 0.05) is 12.8 Å². The maximum atomic E-state index is 11.8. The van der Waals surface area contributed by atoms with Crippen molar-refractivity contribution < 1.29 is 19.1 Å². The fourth-order valence-electron chi connectivity index (χ4n) is 1.82. The van der Waals surface area contributed by atoms with Gasteiger partial charge in [0.05, 0.1) is 17.8 Å². The van der Waals surface area contributed by atoms with Crippen LogP contribution in [0.25, 0.3) is 6.08 Å². The van der Waals surface area contributed by atoms with Gasteiger partial charge < -0.3 is 14.3 Å². The van der Waals surface area contributed by atoms with E-state index in [1.807, 2.05) is 6.07 Å². The predicted octanol–water partition coefficient (Wildman–Crippen LogP) is 3.97. The molecule has 5 heteroatoms. The molecule has 0 aliphatic rings. The molecule has 0 saturated heterocycles. The molecule has 4 nitrogen and oxygen atoms in total. The van der Waals surface area contributed by atoms with Gasteiger partial charge in [0.2, 0.25) is 0 Å². The Bertz CT molecular complexity index is 645. The Labute approximate surface area is 131 Å². The number of ether oxygens (including phenoxy) is 1. The summed E-state index contributed by atoms with van der Waals surface area (Å²) < 4.78 is 10.8. The van der Waals surface area contributed by atoms with E-state index in [9.17, 15) is 9.90 Å². The number of carbonyl (C=O) groups excluding carboxylic acids is 1. The Balaban J connectivity index is 2.00. The molecule has 1 aromatic heterocycles. The first-order valence-corrected chi connectivity index (χ1v) is 7.19. The second kappa shape index (κ2) is 7.13. The third-order valence-corrected chi connectivity index (χ3v) is 3.53. The van der Waals surface area contributed by atoms with Crippen molar-refractivity contribution in [2.45, 2.75) is 12.8 Å². The van der Waals surface area contributed by atoms with Crippen molar-refractivity contribution in [3.05, 3.63) is 52.4 Å². The summed E-state index contributed by atoms with van der Waals surface area (Å²) in [6, 6.07) is 7.03. The highest BCUT2D eigenvalue weighted by Gasteiger charge is 2.07. The number of benzene rings is 1. The van der Waals surface area contributed by atoms with Crippen molar-refractivity contribution in [1.82, 2.24) is 0 Å². The van der Waals surface area contributed by atoms with E-state index in [-0.39, 0.29) is 11.5 Å². The van der Waals surface area contributed by atoms with Crippen molar-refractivity contribution in [2.75, 3.05) is 7.11 Å². The van der Waals surface area contributed by atoms with Gasteiger partial charge in [0.15, 0.2) is 17.3 Å². The highest BCUT2D eigenvalue weighted by molar-refractivity contribution is 9.10. The van der Waals surface area contributed by atoms with Gasteiger partial charge in [-0.1, -0.05) is 6.08 Å². The van der Waals surface area contributed by atoms with E-state index >= 15 is 0 Å². The number of allylic oxidation sites excluding steroid dienone is 1. The third kappa shape index (κ3) is 4.23. The molecule has 110 valence electrons. The van der Waals surface area contributed by atoms with Crippen LogP contribution < -0.4 is 4.74 Å². The summed E-state index contributed by atoms with van der Waals surface area (Å²) in [7, 11) is 1.48. The van der Waals surface area contributed by atoms with Crippen LogP contribution in [-0.2, 0) is 11.2 Å². The quantitative estimate of drug-likeness (QED) is 0.800. The van der Waals surface area contributed by atoms with E-state index in [4.69, 9.17) is 9.15 Å². The lowest BCUT2D eigenvalue weighted by Crippen LogP contribution is -1.95. The monoisotopic (exact) mass is 350 g/mol. The Morgan fingerprint density at radius 1 is 1.48 bits per heavy atom. The fraction of sp³-hybridized carbons (Fsp3) is 0.188. The van der Waals surface area contributed by atoms with Crippen LogP contribution in [0.1, 0.15) is 17.7 Å². The number of ketones is 1. The molecule has 0 unspecified atom stereocenters. The summed E-state index contributed by atoms with van der Waals surface area (Å²) in [5.41, 5.74) is 0.767. The molecule has 0 spiro atoms. The lowest BCUT2D eigenvalue weighted by molar-refractivity contribution is -0.114. The molecule has 2 aromatic rings. The predicted molar refractivity (Wildman–Crippen MR) is 83.4 cm³/mol. The lowest BCUT2D eigenvalue weighted by atomic mass is 10.1. The number of methoxy groups -OCH3 is 1. The van der Waals surface area contributed by atoms with Gasteiger partial charge in [-0.15, -0.1) is 0 Å². The molecule has 0 aliphatic heterocycles. The normalized spacial score (nSPS) is 11.0. The SMILES string of the molecule is COc1cc(C=CC(=O)CCc2ccco2)cc(Br)c1O. The van der Waals surface area contributed by atoms with Crippen LogP contribution in [0.15, 0.2) is 45.5 Å². The molecular weight excluding hydrogens is 336 g/mol. The highest BCUT2D eigenvalue weighted by Crippen LogP contribution is 2.35. The van der Waals surface area contributed by atoms with Gasteiger partial charge in [0.1, 0.15) is 5.76 Å². The van der Waals surface area contributed by atoms with E-state index in [1.165, 1.54) is 13.2 Å². The van der Waals surface area contributed by atoms with Gasteiger partial charge in [-0.3, -0.25) is 4.79 Å². The van der Waals surface area contributed by atoms with Gasteiger partial charge in [0.25, 0.3) is 0 Å². The minimum atomic E-state index is 0.00886. The second-order valence-electron chi connectivity index (χ2n) is 4.43. The van der Waals surface area contributed by atoms with Crippen LogP contribution >= 0.6 is 15.9 Å². The Morgan fingerprint density at radius 3 is 2.95 bits per heavy atom. The summed E-state index contributed by atoms with van der Waals surface area (Å²) >= 11 is 3.24. The smallest absolute Gasteiger partial charge is 0.172 e. The zero-order chi connectivity index (χ0) is 15.2. The molecule has 1 aromatic carbocycles. The van der Waals surface area contributed by atoms with Gasteiger partial charge in [-0.25, -0.2) is 0 Å². The van der Waals surface area contributed by atoms with Crippen LogP contribution in [0.5, 0.6) is 11.5 Å². The molecular formula is C16H15BrO4. The lowest BCUT2D eigenvalue weighted by Gasteiger charge is -2.06. The molecule has 0 fully saturated rings. The summed E-state index contributed by atoms with van der Waals surface area (Å²) in [5, 5.41) is 9.72. The van der Waals surface area contributed by atoms with Crippen molar-refractivity contribution in [2.24, 2.45) is 0 Å². The number of rotatable bonds is 6. The number of hydrogen-bond acceptors (Lipinski definition) is 4. The second-order valence-corrected chi connectivity index (χ2v) is 5.29. The van der Waals surface area contributed by atoms with Crippen molar-refractivity contribution >= 4 is 27.8 Å². The number of carbonyl (C=O) groups is 1. The first-order chi connectivity index (χ1) is 10.1. The van der Waals surface area contributed by atoms with Gasteiger partial charge >= 0.3 is 0 Å². The first kappa shape index (κ1) is 15.4. The Hall–Kier alpha value is -2.01. The molecule has 0 bridgehead atoms. The number of furan rings is 1. The molecule has 0 saturated carbocycles. The molecule has 1 heterocycles. The molecule has 21 heavy (non-hydrogen) atoms. The van der Waals surface area contributed by atoms with E-state index in [0.717, 1.165) is 11.3 Å². The Kier molecular flexibility index (Phi) is 5.22. The fourth-order valence-corrected chi connectivity index (χ4v) is 2.28. The van der Waals surface area contributed by atoms with E-state index in [1.54, 1.807) is 30.5 Å². The van der Waals surface area contributed by atoms with Crippen LogP contribution in [0.3, 0.4) is 0 Å². The number of halogens is 1. The zero-order valence-corrected chi connectivity index (χ0v) is 13.1. The highest BCUT2D eigenvalue weighted by atomic mass is 79.9. The minimum Gasteiger partial charge on any atom is -0.503 e. The van der Waals surface area contributed by atoms with Crippen LogP contribution in [-0.4, -0.2) is 18.0 Å². The zero-order valence-electron chi connectivity index (χ0n) is 11.5. The molecule has 1 N–H and O–H groups in total. The standard InChI is InChI=1S/C16H15BrO4/c1-20-15-10-11(9-14(17)16(15)19)4-5-12(18)6-7-13-3-2-8-21-13/h2-5,8-10,19H,6-7H2,1H3. The van der Waals surface area contributed by atoms with Crippen molar-refractivity contribution in [3.8, 4) is 11.5 Å². The average molecular weight is 351 g/mol. The summed E-state index contributed by atoms with van der Waals surface area (Å²) in [5.74, 6) is 1.20. The number of phenolic OH excluding ortho intramolecular Hbond substituents is 1. The van der Waals surface area contributed by atoms with Crippen molar-refractivity contribution in [1.29, 1.82) is 0 Å². The number of phenols is 1. The van der Waals surface area contributed by atoms with Gasteiger partial charge in [-0.2, -0.15) is 0 Å². The largest absolute Gasteiger partial charge is 0.503 e. The number of aryl methyl sites for hydroxylation is 1.